The van der Waals surface area contributed by atoms with E-state index in [1.165, 1.54) is 31.4 Å². The topological polar surface area (TPSA) is 60.9 Å². The second-order valence-corrected chi connectivity index (χ2v) is 6.69. The maximum atomic E-state index is 13.5. The number of hydrogen-bond acceptors (Lipinski definition) is 2. The third-order valence-electron chi connectivity index (χ3n) is 5.02. The van der Waals surface area contributed by atoms with Gasteiger partial charge in [-0.05, 0) is 48.2 Å². The summed E-state index contributed by atoms with van der Waals surface area (Å²) in [6.45, 7) is 0. The lowest BCUT2D eigenvalue weighted by Gasteiger charge is -2.22. The van der Waals surface area contributed by atoms with Crippen LogP contribution in [0.2, 0.25) is 0 Å². The Morgan fingerprint density at radius 2 is 1.84 bits per heavy atom. The van der Waals surface area contributed by atoms with Crippen LogP contribution in [-0.4, -0.2) is 15.7 Å². The van der Waals surface area contributed by atoms with E-state index >= 15 is 0 Å². The molecule has 1 amide bonds. The summed E-state index contributed by atoms with van der Waals surface area (Å²) < 4.78 is 15.5. The van der Waals surface area contributed by atoms with Crippen molar-refractivity contribution in [2.45, 2.75) is 38.1 Å². The van der Waals surface area contributed by atoms with Crippen molar-refractivity contribution >= 4 is 16.8 Å². The number of carbonyl (C=O) groups excluding carboxylic acids is 1. The molecule has 5 heteroatoms. The van der Waals surface area contributed by atoms with Crippen LogP contribution in [0.4, 0.5) is 4.39 Å². The van der Waals surface area contributed by atoms with Crippen LogP contribution in [0.25, 0.3) is 22.0 Å². The van der Waals surface area contributed by atoms with Gasteiger partial charge in [0.1, 0.15) is 5.82 Å². The Kier molecular flexibility index (Phi) is 3.99. The van der Waals surface area contributed by atoms with E-state index < -0.39 is 5.91 Å². The van der Waals surface area contributed by atoms with Crippen molar-refractivity contribution in [1.29, 1.82) is 0 Å². The molecule has 0 radical (unpaired) electrons. The highest BCUT2D eigenvalue weighted by Gasteiger charge is 2.22. The van der Waals surface area contributed by atoms with Crippen LogP contribution in [0.1, 0.15) is 48.6 Å². The fourth-order valence-corrected chi connectivity index (χ4v) is 3.77. The standard InChI is InChI=1S/C20H20FN3O/c21-15-6-4-5-13(11-15)14-9-10-18-17(12-14)19(20(22)25)23-24(18)16-7-2-1-3-8-16/h4-6,9-12,16H,1-3,7-8H2,(H2,22,25). The number of halogens is 1. The first kappa shape index (κ1) is 15.8. The van der Waals surface area contributed by atoms with Crippen LogP contribution in [-0.2, 0) is 0 Å². The van der Waals surface area contributed by atoms with Crippen molar-refractivity contribution in [3.63, 3.8) is 0 Å². The monoisotopic (exact) mass is 337 g/mol. The van der Waals surface area contributed by atoms with Gasteiger partial charge in [-0.15, -0.1) is 0 Å². The van der Waals surface area contributed by atoms with Gasteiger partial charge in [0.2, 0.25) is 0 Å². The van der Waals surface area contributed by atoms with Gasteiger partial charge in [0.15, 0.2) is 5.69 Å². The lowest BCUT2D eigenvalue weighted by molar-refractivity contribution is 0.0995. The number of rotatable bonds is 3. The summed E-state index contributed by atoms with van der Waals surface area (Å²) in [4.78, 5) is 11.9. The molecule has 1 aromatic heterocycles. The quantitative estimate of drug-likeness (QED) is 0.768. The van der Waals surface area contributed by atoms with Crippen molar-refractivity contribution in [3.05, 3.63) is 54.0 Å². The summed E-state index contributed by atoms with van der Waals surface area (Å²) in [6, 6.07) is 12.5. The summed E-state index contributed by atoms with van der Waals surface area (Å²) in [5, 5.41) is 5.27. The number of carbonyl (C=O) groups is 1. The Labute approximate surface area is 145 Å². The third-order valence-corrected chi connectivity index (χ3v) is 5.02. The number of nitrogens with two attached hydrogens (primary N) is 1. The molecule has 0 spiro atoms. The molecule has 0 saturated heterocycles. The second kappa shape index (κ2) is 6.31. The molecule has 1 saturated carbocycles. The fourth-order valence-electron chi connectivity index (χ4n) is 3.77. The Bertz CT molecular complexity index is 941. The Hall–Kier alpha value is -2.69. The molecule has 4 nitrogen and oxygen atoms in total. The van der Waals surface area contributed by atoms with Gasteiger partial charge in [-0.2, -0.15) is 5.10 Å². The molecule has 0 unspecified atom stereocenters. The Morgan fingerprint density at radius 1 is 1.08 bits per heavy atom. The van der Waals surface area contributed by atoms with Crippen molar-refractivity contribution in [2.24, 2.45) is 5.73 Å². The first-order chi connectivity index (χ1) is 12.1. The number of fused-ring (bicyclic) bond motifs is 1. The minimum atomic E-state index is -0.532. The molecule has 0 atom stereocenters. The molecule has 1 aliphatic rings. The molecule has 25 heavy (non-hydrogen) atoms. The van der Waals surface area contributed by atoms with Gasteiger partial charge in [-0.25, -0.2) is 4.39 Å². The van der Waals surface area contributed by atoms with E-state index in [0.29, 0.717) is 11.7 Å². The van der Waals surface area contributed by atoms with Gasteiger partial charge < -0.3 is 5.73 Å². The molecular formula is C20H20FN3O. The number of hydrogen-bond donors (Lipinski definition) is 1. The molecule has 0 bridgehead atoms. The molecule has 3 aromatic rings. The largest absolute Gasteiger partial charge is 0.364 e. The minimum absolute atomic E-state index is 0.286. The van der Waals surface area contributed by atoms with Crippen molar-refractivity contribution in [2.75, 3.05) is 0 Å². The average molecular weight is 337 g/mol. The van der Waals surface area contributed by atoms with Crippen LogP contribution < -0.4 is 5.73 Å². The van der Waals surface area contributed by atoms with Gasteiger partial charge in [-0.1, -0.05) is 37.5 Å². The van der Waals surface area contributed by atoms with Gasteiger partial charge in [0.05, 0.1) is 11.6 Å². The second-order valence-electron chi connectivity index (χ2n) is 6.69. The SMILES string of the molecule is NC(=O)c1nn(C2CCCCC2)c2ccc(-c3cccc(F)c3)cc12. The Balaban J connectivity index is 1.86. The molecule has 1 aliphatic carbocycles. The molecule has 1 fully saturated rings. The lowest BCUT2D eigenvalue weighted by Crippen LogP contribution is -2.16. The van der Waals surface area contributed by atoms with Crippen LogP contribution in [0, 0.1) is 5.82 Å². The zero-order chi connectivity index (χ0) is 17.4. The van der Waals surface area contributed by atoms with Crippen LogP contribution in [0.15, 0.2) is 42.5 Å². The first-order valence-electron chi connectivity index (χ1n) is 8.71. The third kappa shape index (κ3) is 2.90. The molecule has 0 aliphatic heterocycles. The van der Waals surface area contributed by atoms with Crippen LogP contribution in [0.5, 0.6) is 0 Å². The number of primary amides is 1. The summed E-state index contributed by atoms with van der Waals surface area (Å²) in [7, 11) is 0. The van der Waals surface area contributed by atoms with Gasteiger partial charge in [0, 0.05) is 5.39 Å². The van der Waals surface area contributed by atoms with Gasteiger partial charge in [-0.3, -0.25) is 9.48 Å². The maximum Gasteiger partial charge on any atom is 0.269 e. The maximum absolute atomic E-state index is 13.5. The van der Waals surface area contributed by atoms with E-state index in [1.54, 1.807) is 6.07 Å². The highest BCUT2D eigenvalue weighted by atomic mass is 19.1. The van der Waals surface area contributed by atoms with E-state index in [9.17, 15) is 9.18 Å². The smallest absolute Gasteiger partial charge is 0.269 e. The lowest BCUT2D eigenvalue weighted by atomic mass is 9.95. The van der Waals surface area contributed by atoms with Crippen molar-refractivity contribution in [1.82, 2.24) is 9.78 Å². The summed E-state index contributed by atoms with van der Waals surface area (Å²) >= 11 is 0. The molecule has 1 heterocycles. The fraction of sp³-hybridized carbons (Fsp3) is 0.300. The predicted molar refractivity (Wildman–Crippen MR) is 95.8 cm³/mol. The average Bonchev–Trinajstić information content (AvgIpc) is 3.01. The minimum Gasteiger partial charge on any atom is -0.364 e. The number of nitrogens with zero attached hydrogens (tertiary/aromatic N) is 2. The summed E-state index contributed by atoms with van der Waals surface area (Å²) in [6.07, 6.45) is 5.75. The molecule has 4 rings (SSSR count). The number of benzene rings is 2. The zero-order valence-electron chi connectivity index (χ0n) is 13.9. The first-order valence-corrected chi connectivity index (χ1v) is 8.71. The summed E-state index contributed by atoms with van der Waals surface area (Å²) in [5.41, 5.74) is 8.38. The van der Waals surface area contributed by atoms with E-state index in [1.807, 2.05) is 28.9 Å². The predicted octanol–water partition coefficient (Wildman–Crippen LogP) is 4.45. The van der Waals surface area contributed by atoms with Crippen molar-refractivity contribution in [3.8, 4) is 11.1 Å². The molecule has 2 aromatic carbocycles. The molecule has 2 N–H and O–H groups in total. The van der Waals surface area contributed by atoms with Crippen LogP contribution >= 0.6 is 0 Å². The van der Waals surface area contributed by atoms with Gasteiger partial charge >= 0.3 is 0 Å². The van der Waals surface area contributed by atoms with Crippen LogP contribution in [0.3, 0.4) is 0 Å². The highest BCUT2D eigenvalue weighted by Crippen LogP contribution is 2.33. The van der Waals surface area contributed by atoms with E-state index in [4.69, 9.17) is 5.73 Å². The van der Waals surface area contributed by atoms with Gasteiger partial charge in [0.25, 0.3) is 5.91 Å². The summed E-state index contributed by atoms with van der Waals surface area (Å²) in [5.74, 6) is -0.818. The van der Waals surface area contributed by atoms with E-state index in [2.05, 4.69) is 5.10 Å². The van der Waals surface area contributed by atoms with E-state index in [0.717, 1.165) is 34.9 Å². The number of amides is 1. The van der Waals surface area contributed by atoms with E-state index in [-0.39, 0.29) is 5.82 Å². The highest BCUT2D eigenvalue weighted by molar-refractivity contribution is 6.05. The van der Waals surface area contributed by atoms with Crippen molar-refractivity contribution < 1.29 is 9.18 Å². The zero-order valence-corrected chi connectivity index (χ0v) is 13.9. The molecule has 128 valence electrons. The normalized spacial score (nSPS) is 15.6. The molecular weight excluding hydrogens is 317 g/mol. The number of aromatic nitrogens is 2. The Morgan fingerprint density at radius 3 is 2.56 bits per heavy atom.